The number of aromatic nitrogens is 2. The van der Waals surface area contributed by atoms with Crippen molar-refractivity contribution in [3.8, 4) is 11.4 Å². The van der Waals surface area contributed by atoms with Gasteiger partial charge in [0.2, 0.25) is 11.7 Å². The molecule has 4 heteroatoms. The Morgan fingerprint density at radius 3 is 2.65 bits per heavy atom. The molecule has 0 amide bonds. The van der Waals surface area contributed by atoms with E-state index in [-0.39, 0.29) is 0 Å². The summed E-state index contributed by atoms with van der Waals surface area (Å²) in [5.74, 6) is 1.21. The summed E-state index contributed by atoms with van der Waals surface area (Å²) in [6.45, 7) is 2.55. The summed E-state index contributed by atoms with van der Waals surface area (Å²) in [5.41, 5.74) is 3.25. The van der Waals surface area contributed by atoms with Gasteiger partial charge in [-0.1, -0.05) is 41.6 Å². The van der Waals surface area contributed by atoms with Gasteiger partial charge in [-0.2, -0.15) is 4.98 Å². The number of nitrogens with one attached hydrogen (secondary N) is 1. The Bertz CT molecular complexity index is 692. The van der Waals surface area contributed by atoms with Crippen molar-refractivity contribution in [3.05, 3.63) is 66.1 Å². The minimum Gasteiger partial charge on any atom is -0.381 e. The van der Waals surface area contributed by atoms with Crippen LogP contribution in [0.4, 0.5) is 5.69 Å². The second-order valence-electron chi connectivity index (χ2n) is 4.56. The molecule has 3 aromatic rings. The van der Waals surface area contributed by atoms with Gasteiger partial charge in [-0.05, 0) is 23.8 Å². The lowest BCUT2D eigenvalue weighted by Crippen LogP contribution is -1.99. The fourth-order valence-corrected chi connectivity index (χ4v) is 2.00. The van der Waals surface area contributed by atoms with Crippen LogP contribution in [0.1, 0.15) is 11.5 Å². The van der Waals surface area contributed by atoms with Gasteiger partial charge in [0.25, 0.3) is 0 Å². The van der Waals surface area contributed by atoms with Crippen molar-refractivity contribution < 1.29 is 4.52 Å². The van der Waals surface area contributed by atoms with Crippen molar-refractivity contribution in [1.82, 2.24) is 10.1 Å². The first kappa shape index (κ1) is 12.4. The van der Waals surface area contributed by atoms with Gasteiger partial charge >= 0.3 is 0 Å². The standard InChI is InChI=1S/C16H15N3O/c1-12-18-16(19-20-12)14-7-5-6-13(10-14)11-17-15-8-3-2-4-9-15/h2-10,17H,11H2,1H3. The van der Waals surface area contributed by atoms with Crippen molar-refractivity contribution in [2.24, 2.45) is 0 Å². The Morgan fingerprint density at radius 2 is 1.90 bits per heavy atom. The normalized spacial score (nSPS) is 10.4. The first-order valence-corrected chi connectivity index (χ1v) is 6.50. The third-order valence-electron chi connectivity index (χ3n) is 2.98. The van der Waals surface area contributed by atoms with E-state index in [9.17, 15) is 0 Å². The summed E-state index contributed by atoms with van der Waals surface area (Å²) < 4.78 is 5.01. The number of anilines is 1. The van der Waals surface area contributed by atoms with Gasteiger partial charge in [0.15, 0.2) is 0 Å². The highest BCUT2D eigenvalue weighted by Crippen LogP contribution is 2.18. The lowest BCUT2D eigenvalue weighted by molar-refractivity contribution is 0.394. The lowest BCUT2D eigenvalue weighted by atomic mass is 10.1. The summed E-state index contributed by atoms with van der Waals surface area (Å²) in [7, 11) is 0. The fraction of sp³-hybridized carbons (Fsp3) is 0.125. The van der Waals surface area contributed by atoms with Crippen molar-refractivity contribution in [2.45, 2.75) is 13.5 Å². The molecule has 0 atom stereocenters. The van der Waals surface area contributed by atoms with Crippen LogP contribution in [0.3, 0.4) is 0 Å². The molecule has 0 saturated heterocycles. The molecule has 3 rings (SSSR count). The average molecular weight is 265 g/mol. The molecule has 0 aliphatic heterocycles. The number of rotatable bonds is 4. The molecular formula is C16H15N3O. The molecule has 0 aliphatic carbocycles. The predicted octanol–water partition coefficient (Wildman–Crippen LogP) is 3.66. The van der Waals surface area contributed by atoms with E-state index in [4.69, 9.17) is 4.52 Å². The van der Waals surface area contributed by atoms with Gasteiger partial charge in [0, 0.05) is 24.7 Å². The van der Waals surface area contributed by atoms with Gasteiger partial charge in [-0.25, -0.2) is 0 Å². The summed E-state index contributed by atoms with van der Waals surface area (Å²) in [5, 5.41) is 7.32. The first-order chi connectivity index (χ1) is 9.81. The molecule has 0 unspecified atom stereocenters. The molecule has 1 N–H and O–H groups in total. The summed E-state index contributed by atoms with van der Waals surface area (Å²) in [4.78, 5) is 4.24. The maximum absolute atomic E-state index is 5.01. The zero-order valence-corrected chi connectivity index (χ0v) is 11.2. The van der Waals surface area contributed by atoms with E-state index >= 15 is 0 Å². The van der Waals surface area contributed by atoms with E-state index in [2.05, 4.69) is 27.6 Å². The Labute approximate surface area is 117 Å². The van der Waals surface area contributed by atoms with Crippen molar-refractivity contribution >= 4 is 5.69 Å². The molecule has 100 valence electrons. The molecule has 20 heavy (non-hydrogen) atoms. The van der Waals surface area contributed by atoms with Gasteiger partial charge < -0.3 is 9.84 Å². The number of aryl methyl sites for hydroxylation is 1. The van der Waals surface area contributed by atoms with Gasteiger partial charge in [0.05, 0.1) is 0 Å². The maximum Gasteiger partial charge on any atom is 0.223 e. The molecule has 1 aromatic heterocycles. The molecule has 0 fully saturated rings. The minimum absolute atomic E-state index is 0.577. The van der Waals surface area contributed by atoms with Crippen LogP contribution in [-0.4, -0.2) is 10.1 Å². The Kier molecular flexibility index (Phi) is 3.46. The number of nitrogens with zero attached hydrogens (tertiary/aromatic N) is 2. The number of hydrogen-bond acceptors (Lipinski definition) is 4. The van der Waals surface area contributed by atoms with E-state index in [1.165, 1.54) is 5.56 Å². The van der Waals surface area contributed by atoms with Crippen molar-refractivity contribution in [3.63, 3.8) is 0 Å². The highest BCUT2D eigenvalue weighted by molar-refractivity contribution is 5.55. The summed E-state index contributed by atoms with van der Waals surface area (Å²) in [6, 6.07) is 18.3. The second-order valence-corrected chi connectivity index (χ2v) is 4.56. The van der Waals surface area contributed by atoms with Crippen LogP contribution in [0, 0.1) is 6.92 Å². The molecule has 0 bridgehead atoms. The third kappa shape index (κ3) is 2.85. The zero-order valence-electron chi connectivity index (χ0n) is 11.2. The smallest absolute Gasteiger partial charge is 0.223 e. The van der Waals surface area contributed by atoms with Gasteiger partial charge in [-0.15, -0.1) is 0 Å². The zero-order chi connectivity index (χ0) is 13.8. The molecule has 4 nitrogen and oxygen atoms in total. The molecular weight excluding hydrogens is 250 g/mol. The van der Waals surface area contributed by atoms with Crippen molar-refractivity contribution in [2.75, 3.05) is 5.32 Å². The van der Waals surface area contributed by atoms with Gasteiger partial charge in [-0.3, -0.25) is 0 Å². The summed E-state index contributed by atoms with van der Waals surface area (Å²) in [6.07, 6.45) is 0. The highest BCUT2D eigenvalue weighted by atomic mass is 16.5. The van der Waals surface area contributed by atoms with E-state index in [1.54, 1.807) is 6.92 Å². The van der Waals surface area contributed by atoms with Crippen LogP contribution < -0.4 is 5.32 Å². The fourth-order valence-electron chi connectivity index (χ4n) is 2.00. The molecule has 0 spiro atoms. The van der Waals surface area contributed by atoms with Crippen LogP contribution in [0.25, 0.3) is 11.4 Å². The molecule has 2 aromatic carbocycles. The third-order valence-corrected chi connectivity index (χ3v) is 2.98. The summed E-state index contributed by atoms with van der Waals surface area (Å²) >= 11 is 0. The second kappa shape index (κ2) is 5.57. The Hall–Kier alpha value is -2.62. The van der Waals surface area contributed by atoms with E-state index in [0.717, 1.165) is 17.8 Å². The predicted molar refractivity (Wildman–Crippen MR) is 78.2 cm³/mol. The van der Waals surface area contributed by atoms with Crippen LogP contribution in [0.2, 0.25) is 0 Å². The largest absolute Gasteiger partial charge is 0.381 e. The Morgan fingerprint density at radius 1 is 1.05 bits per heavy atom. The van der Waals surface area contributed by atoms with Crippen LogP contribution in [-0.2, 0) is 6.54 Å². The maximum atomic E-state index is 5.01. The topological polar surface area (TPSA) is 51.0 Å². The monoisotopic (exact) mass is 265 g/mol. The average Bonchev–Trinajstić information content (AvgIpc) is 2.93. The highest BCUT2D eigenvalue weighted by Gasteiger charge is 2.06. The van der Waals surface area contributed by atoms with E-state index < -0.39 is 0 Å². The molecule has 0 radical (unpaired) electrons. The van der Waals surface area contributed by atoms with Crippen LogP contribution >= 0.6 is 0 Å². The van der Waals surface area contributed by atoms with Crippen LogP contribution in [0.5, 0.6) is 0 Å². The van der Waals surface area contributed by atoms with Crippen LogP contribution in [0.15, 0.2) is 59.1 Å². The number of hydrogen-bond donors (Lipinski definition) is 1. The molecule has 0 aliphatic rings. The van der Waals surface area contributed by atoms with E-state index in [0.29, 0.717) is 11.7 Å². The SMILES string of the molecule is Cc1nc(-c2cccc(CNc3ccccc3)c2)no1. The number of benzene rings is 2. The minimum atomic E-state index is 0.577. The van der Waals surface area contributed by atoms with E-state index in [1.807, 2.05) is 42.5 Å². The van der Waals surface area contributed by atoms with Crippen molar-refractivity contribution in [1.29, 1.82) is 0 Å². The van der Waals surface area contributed by atoms with Gasteiger partial charge in [0.1, 0.15) is 0 Å². The molecule has 1 heterocycles. The molecule has 0 saturated carbocycles. The number of para-hydroxylation sites is 1. The Balaban J connectivity index is 1.75. The quantitative estimate of drug-likeness (QED) is 0.782. The lowest BCUT2D eigenvalue weighted by Gasteiger charge is -2.07. The first-order valence-electron chi connectivity index (χ1n) is 6.50.